The SMILES string of the molecule is COC(=O)C(Cc1c[nH]c2ccccc12)NC(=O)Cc1coc2cc(OC)ccc12. The van der Waals surface area contributed by atoms with Crippen molar-refractivity contribution in [3.05, 3.63) is 66.1 Å². The first kappa shape index (κ1) is 19.6. The molecule has 2 heterocycles. The molecule has 0 aliphatic rings. The molecule has 0 saturated heterocycles. The first-order valence-corrected chi connectivity index (χ1v) is 9.55. The number of rotatable bonds is 7. The summed E-state index contributed by atoms with van der Waals surface area (Å²) in [5.74, 6) is -0.100. The molecule has 154 valence electrons. The molecule has 2 aromatic carbocycles. The maximum absolute atomic E-state index is 12.7. The first-order valence-electron chi connectivity index (χ1n) is 9.55. The van der Waals surface area contributed by atoms with Crippen LogP contribution in [-0.2, 0) is 27.2 Å². The van der Waals surface area contributed by atoms with Gasteiger partial charge in [0.05, 0.1) is 26.9 Å². The van der Waals surface area contributed by atoms with E-state index in [1.165, 1.54) is 7.11 Å². The second-order valence-corrected chi connectivity index (χ2v) is 7.01. The number of hydrogen-bond acceptors (Lipinski definition) is 5. The molecule has 7 heteroatoms. The first-order chi connectivity index (χ1) is 14.6. The molecule has 4 aromatic rings. The number of furan rings is 1. The van der Waals surface area contributed by atoms with Crippen LogP contribution in [0.4, 0.5) is 0 Å². The van der Waals surface area contributed by atoms with Gasteiger partial charge in [-0.3, -0.25) is 4.79 Å². The number of ether oxygens (including phenoxy) is 2. The van der Waals surface area contributed by atoms with Crippen molar-refractivity contribution in [3.8, 4) is 5.75 Å². The maximum Gasteiger partial charge on any atom is 0.328 e. The van der Waals surface area contributed by atoms with Crippen LogP contribution in [0.3, 0.4) is 0 Å². The van der Waals surface area contributed by atoms with Gasteiger partial charge in [-0.15, -0.1) is 0 Å². The van der Waals surface area contributed by atoms with Gasteiger partial charge in [0.15, 0.2) is 0 Å². The van der Waals surface area contributed by atoms with Crippen molar-refractivity contribution in [1.29, 1.82) is 0 Å². The average Bonchev–Trinajstić information content (AvgIpc) is 3.36. The molecular formula is C23H22N2O5. The van der Waals surface area contributed by atoms with E-state index in [4.69, 9.17) is 13.9 Å². The smallest absolute Gasteiger partial charge is 0.328 e. The van der Waals surface area contributed by atoms with E-state index in [1.54, 1.807) is 19.4 Å². The summed E-state index contributed by atoms with van der Waals surface area (Å²) in [5.41, 5.74) is 3.28. The van der Waals surface area contributed by atoms with Gasteiger partial charge < -0.3 is 24.2 Å². The zero-order valence-corrected chi connectivity index (χ0v) is 16.7. The number of fused-ring (bicyclic) bond motifs is 2. The monoisotopic (exact) mass is 406 g/mol. The molecule has 0 aliphatic heterocycles. The number of aromatic nitrogens is 1. The average molecular weight is 406 g/mol. The van der Waals surface area contributed by atoms with Crippen molar-refractivity contribution < 1.29 is 23.5 Å². The molecule has 2 N–H and O–H groups in total. The van der Waals surface area contributed by atoms with E-state index in [0.29, 0.717) is 17.8 Å². The Labute approximate surface area is 173 Å². The van der Waals surface area contributed by atoms with Crippen molar-refractivity contribution in [2.45, 2.75) is 18.9 Å². The summed E-state index contributed by atoms with van der Waals surface area (Å²) >= 11 is 0. The predicted molar refractivity (Wildman–Crippen MR) is 112 cm³/mol. The Kier molecular flexibility index (Phi) is 5.43. The predicted octanol–water partition coefficient (Wildman–Crippen LogP) is 3.37. The van der Waals surface area contributed by atoms with Crippen LogP contribution in [0.25, 0.3) is 21.9 Å². The maximum atomic E-state index is 12.7. The summed E-state index contributed by atoms with van der Waals surface area (Å²) in [6.45, 7) is 0. The van der Waals surface area contributed by atoms with Crippen LogP contribution in [0, 0.1) is 0 Å². The molecule has 1 atom stereocenters. The van der Waals surface area contributed by atoms with E-state index < -0.39 is 12.0 Å². The molecule has 2 aromatic heterocycles. The van der Waals surface area contributed by atoms with Gasteiger partial charge in [0.25, 0.3) is 0 Å². The number of carbonyl (C=O) groups excluding carboxylic acids is 2. The van der Waals surface area contributed by atoms with E-state index in [-0.39, 0.29) is 12.3 Å². The lowest BCUT2D eigenvalue weighted by atomic mass is 10.0. The Morgan fingerprint density at radius 3 is 2.73 bits per heavy atom. The lowest BCUT2D eigenvalue weighted by molar-refractivity contribution is -0.145. The van der Waals surface area contributed by atoms with E-state index in [1.807, 2.05) is 42.6 Å². The number of esters is 1. The van der Waals surface area contributed by atoms with E-state index in [2.05, 4.69) is 10.3 Å². The second kappa shape index (κ2) is 8.32. The fourth-order valence-electron chi connectivity index (χ4n) is 3.60. The number of carbonyl (C=O) groups is 2. The third kappa shape index (κ3) is 3.87. The normalized spacial score (nSPS) is 12.1. The zero-order valence-electron chi connectivity index (χ0n) is 16.7. The highest BCUT2D eigenvalue weighted by Gasteiger charge is 2.24. The molecule has 0 bridgehead atoms. The zero-order chi connectivity index (χ0) is 21.1. The number of methoxy groups -OCH3 is 2. The van der Waals surface area contributed by atoms with Crippen LogP contribution < -0.4 is 10.1 Å². The minimum Gasteiger partial charge on any atom is -0.497 e. The molecule has 30 heavy (non-hydrogen) atoms. The number of nitrogens with one attached hydrogen (secondary N) is 2. The Bertz CT molecular complexity index is 1210. The number of H-pyrrole nitrogens is 1. The van der Waals surface area contributed by atoms with E-state index in [9.17, 15) is 9.59 Å². The second-order valence-electron chi connectivity index (χ2n) is 7.01. The lowest BCUT2D eigenvalue weighted by Crippen LogP contribution is -2.43. The summed E-state index contributed by atoms with van der Waals surface area (Å²) in [5, 5.41) is 4.64. The fraction of sp³-hybridized carbons (Fsp3) is 0.217. The van der Waals surface area contributed by atoms with Crippen molar-refractivity contribution in [3.63, 3.8) is 0 Å². The molecule has 7 nitrogen and oxygen atoms in total. The quantitative estimate of drug-likeness (QED) is 0.459. The third-order valence-corrected chi connectivity index (χ3v) is 5.13. The van der Waals surface area contributed by atoms with Crippen molar-refractivity contribution in [2.24, 2.45) is 0 Å². The lowest BCUT2D eigenvalue weighted by Gasteiger charge is -2.16. The number of benzene rings is 2. The van der Waals surface area contributed by atoms with E-state index >= 15 is 0 Å². The highest BCUT2D eigenvalue weighted by molar-refractivity contribution is 5.91. The minimum absolute atomic E-state index is 0.0840. The summed E-state index contributed by atoms with van der Waals surface area (Å²) in [6.07, 6.45) is 3.81. The number of hydrogen-bond donors (Lipinski definition) is 2. The Hall–Kier alpha value is -3.74. The van der Waals surface area contributed by atoms with Gasteiger partial charge in [0.2, 0.25) is 5.91 Å². The number of aromatic amines is 1. The fourth-order valence-corrected chi connectivity index (χ4v) is 3.60. The van der Waals surface area contributed by atoms with Gasteiger partial charge in [-0.1, -0.05) is 18.2 Å². The van der Waals surface area contributed by atoms with Crippen LogP contribution in [0.15, 0.2) is 59.3 Å². The van der Waals surface area contributed by atoms with Crippen LogP contribution in [0.5, 0.6) is 5.75 Å². The molecule has 1 unspecified atom stereocenters. The Balaban J connectivity index is 1.50. The van der Waals surface area contributed by atoms with Gasteiger partial charge in [-0.2, -0.15) is 0 Å². The van der Waals surface area contributed by atoms with E-state index in [0.717, 1.165) is 27.4 Å². The van der Waals surface area contributed by atoms with Gasteiger partial charge in [0, 0.05) is 40.5 Å². The number of para-hydroxylation sites is 1. The Morgan fingerprint density at radius 2 is 1.93 bits per heavy atom. The molecule has 0 aliphatic carbocycles. The molecule has 0 radical (unpaired) electrons. The van der Waals surface area contributed by atoms with Crippen LogP contribution in [0.1, 0.15) is 11.1 Å². The van der Waals surface area contributed by atoms with Crippen molar-refractivity contribution in [1.82, 2.24) is 10.3 Å². The summed E-state index contributed by atoms with van der Waals surface area (Å²) < 4.78 is 15.6. The highest BCUT2D eigenvalue weighted by atomic mass is 16.5. The van der Waals surface area contributed by atoms with Gasteiger partial charge in [-0.05, 0) is 23.8 Å². The van der Waals surface area contributed by atoms with Gasteiger partial charge in [0.1, 0.15) is 17.4 Å². The van der Waals surface area contributed by atoms with Crippen molar-refractivity contribution >= 4 is 33.7 Å². The Morgan fingerprint density at radius 1 is 1.10 bits per heavy atom. The van der Waals surface area contributed by atoms with Crippen LogP contribution in [-0.4, -0.2) is 37.1 Å². The molecule has 4 rings (SSSR count). The molecule has 1 amide bonds. The molecular weight excluding hydrogens is 384 g/mol. The summed E-state index contributed by atoms with van der Waals surface area (Å²) in [6, 6.07) is 12.5. The largest absolute Gasteiger partial charge is 0.497 e. The van der Waals surface area contributed by atoms with Crippen molar-refractivity contribution in [2.75, 3.05) is 14.2 Å². The highest BCUT2D eigenvalue weighted by Crippen LogP contribution is 2.26. The third-order valence-electron chi connectivity index (χ3n) is 5.13. The molecule has 0 saturated carbocycles. The minimum atomic E-state index is -0.792. The van der Waals surface area contributed by atoms with Crippen LogP contribution >= 0.6 is 0 Å². The topological polar surface area (TPSA) is 93.6 Å². The number of amides is 1. The standard InChI is InChI=1S/C23H22N2O5/c1-28-16-7-8-18-15(13-30-21(18)11-16)10-22(26)25-20(23(27)29-2)9-14-12-24-19-6-4-3-5-17(14)19/h3-8,11-13,20,24H,9-10H2,1-2H3,(H,25,26). The summed E-state index contributed by atoms with van der Waals surface area (Å²) in [4.78, 5) is 28.2. The molecule has 0 fully saturated rings. The van der Waals surface area contributed by atoms with Crippen LogP contribution in [0.2, 0.25) is 0 Å². The molecule has 0 spiro atoms. The summed E-state index contributed by atoms with van der Waals surface area (Å²) in [7, 11) is 2.90. The van der Waals surface area contributed by atoms with Gasteiger partial charge in [-0.25, -0.2) is 4.79 Å². The van der Waals surface area contributed by atoms with Gasteiger partial charge >= 0.3 is 5.97 Å².